The molecule has 1 aliphatic carbocycles. The molecule has 0 heterocycles. The molecule has 0 saturated carbocycles. The van der Waals surface area contributed by atoms with Gasteiger partial charge in [0.1, 0.15) is 17.7 Å². The maximum Gasteiger partial charge on any atom is 0.164 e. The highest BCUT2D eigenvalue weighted by Crippen LogP contribution is 2.40. The SMILES string of the molecule is CC1CC(=O)c2c(ccc3ccccc23)C1=C(C#N)C#N. The summed E-state index contributed by atoms with van der Waals surface area (Å²) in [4.78, 5) is 12.5. The zero-order valence-electron chi connectivity index (χ0n) is 11.6. The molecule has 0 saturated heterocycles. The predicted molar refractivity (Wildman–Crippen MR) is 80.2 cm³/mol. The van der Waals surface area contributed by atoms with Crippen LogP contribution in [0.4, 0.5) is 0 Å². The van der Waals surface area contributed by atoms with Gasteiger partial charge in [-0.1, -0.05) is 43.3 Å². The number of ketones is 1. The van der Waals surface area contributed by atoms with Crippen molar-refractivity contribution in [3.8, 4) is 12.1 Å². The number of rotatable bonds is 0. The summed E-state index contributed by atoms with van der Waals surface area (Å²) in [5.41, 5.74) is 2.17. The zero-order valence-corrected chi connectivity index (χ0v) is 11.6. The topological polar surface area (TPSA) is 64.7 Å². The number of hydrogen-bond donors (Lipinski definition) is 0. The van der Waals surface area contributed by atoms with Crippen molar-refractivity contribution >= 4 is 22.1 Å². The Bertz CT molecular complexity index is 862. The van der Waals surface area contributed by atoms with Gasteiger partial charge in [0, 0.05) is 12.0 Å². The number of fused-ring (bicyclic) bond motifs is 3. The Morgan fingerprint density at radius 2 is 1.86 bits per heavy atom. The molecule has 0 aliphatic heterocycles. The first-order valence-electron chi connectivity index (χ1n) is 6.77. The molecule has 100 valence electrons. The van der Waals surface area contributed by atoms with Crippen LogP contribution in [0.1, 0.15) is 29.3 Å². The minimum absolute atomic E-state index is 0.0771. The molecule has 1 aliphatic rings. The van der Waals surface area contributed by atoms with Crippen molar-refractivity contribution in [2.24, 2.45) is 5.92 Å². The van der Waals surface area contributed by atoms with E-state index in [0.29, 0.717) is 17.6 Å². The minimum atomic E-state index is -0.111. The Kier molecular flexibility index (Phi) is 3.05. The molecule has 21 heavy (non-hydrogen) atoms. The third-order valence-electron chi connectivity index (χ3n) is 3.98. The molecule has 0 spiro atoms. The monoisotopic (exact) mass is 272 g/mol. The number of nitriles is 2. The van der Waals surface area contributed by atoms with Crippen molar-refractivity contribution in [1.82, 2.24) is 0 Å². The van der Waals surface area contributed by atoms with Gasteiger partial charge in [0.2, 0.25) is 0 Å². The van der Waals surface area contributed by atoms with Gasteiger partial charge in [-0.2, -0.15) is 10.5 Å². The number of benzene rings is 2. The van der Waals surface area contributed by atoms with Crippen molar-refractivity contribution in [3.63, 3.8) is 0 Å². The fraction of sp³-hybridized carbons (Fsp3) is 0.167. The maximum atomic E-state index is 12.5. The first kappa shape index (κ1) is 13.1. The second kappa shape index (κ2) is 4.89. The molecule has 0 amide bonds. The van der Waals surface area contributed by atoms with Crippen LogP contribution in [0.2, 0.25) is 0 Å². The molecular formula is C18H12N2O. The Balaban J connectivity index is 2.44. The Labute approximate surface area is 122 Å². The smallest absolute Gasteiger partial charge is 0.164 e. The van der Waals surface area contributed by atoms with Gasteiger partial charge >= 0.3 is 0 Å². The van der Waals surface area contributed by atoms with E-state index in [1.54, 1.807) is 0 Å². The van der Waals surface area contributed by atoms with E-state index in [1.165, 1.54) is 0 Å². The lowest BCUT2D eigenvalue weighted by Crippen LogP contribution is -2.18. The average molecular weight is 272 g/mol. The molecule has 2 aromatic rings. The molecule has 3 rings (SSSR count). The van der Waals surface area contributed by atoms with E-state index in [1.807, 2.05) is 55.5 Å². The molecule has 1 unspecified atom stereocenters. The van der Waals surface area contributed by atoms with Crippen molar-refractivity contribution in [2.75, 3.05) is 0 Å². The molecule has 0 aromatic heterocycles. The van der Waals surface area contributed by atoms with Gasteiger partial charge in [0.05, 0.1) is 0 Å². The van der Waals surface area contributed by atoms with E-state index in [-0.39, 0.29) is 17.3 Å². The van der Waals surface area contributed by atoms with Crippen LogP contribution in [0.5, 0.6) is 0 Å². The lowest BCUT2D eigenvalue weighted by atomic mass is 9.76. The van der Waals surface area contributed by atoms with Gasteiger partial charge < -0.3 is 0 Å². The van der Waals surface area contributed by atoms with E-state index >= 15 is 0 Å². The summed E-state index contributed by atoms with van der Waals surface area (Å²) in [5.74, 6) is -0.0336. The summed E-state index contributed by atoms with van der Waals surface area (Å²) in [7, 11) is 0. The summed E-state index contributed by atoms with van der Waals surface area (Å²) in [6.45, 7) is 1.89. The van der Waals surface area contributed by atoms with Gasteiger partial charge in [0.15, 0.2) is 5.78 Å². The molecule has 3 nitrogen and oxygen atoms in total. The van der Waals surface area contributed by atoms with E-state index < -0.39 is 0 Å². The molecule has 0 N–H and O–H groups in total. The molecule has 0 radical (unpaired) electrons. The fourth-order valence-electron chi connectivity index (χ4n) is 3.07. The molecular weight excluding hydrogens is 260 g/mol. The summed E-state index contributed by atoms with van der Waals surface area (Å²) in [6, 6.07) is 15.4. The highest BCUT2D eigenvalue weighted by molar-refractivity contribution is 6.14. The first-order valence-corrected chi connectivity index (χ1v) is 6.77. The van der Waals surface area contributed by atoms with Crippen LogP contribution in [0.3, 0.4) is 0 Å². The van der Waals surface area contributed by atoms with Crippen LogP contribution >= 0.6 is 0 Å². The third kappa shape index (κ3) is 1.91. The number of carbonyl (C=O) groups is 1. The van der Waals surface area contributed by atoms with Gasteiger partial charge in [-0.3, -0.25) is 4.79 Å². The molecule has 0 bridgehead atoms. The number of hydrogen-bond acceptors (Lipinski definition) is 3. The summed E-state index contributed by atoms with van der Waals surface area (Å²) in [6.07, 6.45) is 0.337. The average Bonchev–Trinajstić information content (AvgIpc) is 2.50. The molecule has 2 aromatic carbocycles. The van der Waals surface area contributed by atoms with Crippen LogP contribution in [-0.4, -0.2) is 5.78 Å². The Hall–Kier alpha value is -2.91. The molecule has 0 fully saturated rings. The van der Waals surface area contributed by atoms with Crippen molar-refractivity contribution in [3.05, 3.63) is 53.1 Å². The lowest BCUT2D eigenvalue weighted by molar-refractivity contribution is 0.0970. The fourth-order valence-corrected chi connectivity index (χ4v) is 3.07. The number of nitrogens with zero attached hydrogens (tertiary/aromatic N) is 2. The highest BCUT2D eigenvalue weighted by atomic mass is 16.1. The van der Waals surface area contributed by atoms with Crippen LogP contribution in [0.15, 0.2) is 42.0 Å². The van der Waals surface area contributed by atoms with Crippen molar-refractivity contribution < 1.29 is 4.79 Å². The standard InChI is InChI=1S/C18H12N2O/c1-11-8-16(21)18-14-5-3-2-4-12(14)6-7-15(18)17(11)13(9-19)10-20/h2-7,11H,8H2,1H3. The quantitative estimate of drug-likeness (QED) is 0.684. The van der Waals surface area contributed by atoms with Crippen LogP contribution in [-0.2, 0) is 0 Å². The van der Waals surface area contributed by atoms with Gasteiger partial charge in [0.25, 0.3) is 0 Å². The molecule has 3 heteroatoms. The minimum Gasteiger partial charge on any atom is -0.294 e. The van der Waals surface area contributed by atoms with E-state index in [0.717, 1.165) is 16.3 Å². The predicted octanol–water partition coefficient (Wildman–Crippen LogP) is 3.86. The summed E-state index contributed by atoms with van der Waals surface area (Å²) < 4.78 is 0. The van der Waals surface area contributed by atoms with Gasteiger partial charge in [-0.15, -0.1) is 0 Å². The number of carbonyl (C=O) groups excluding carboxylic acids is 1. The van der Waals surface area contributed by atoms with Crippen LogP contribution in [0, 0.1) is 28.6 Å². The lowest BCUT2D eigenvalue weighted by Gasteiger charge is -2.25. The normalized spacial score (nSPS) is 17.0. The Morgan fingerprint density at radius 1 is 1.14 bits per heavy atom. The van der Waals surface area contributed by atoms with Crippen molar-refractivity contribution in [2.45, 2.75) is 13.3 Å². The number of Topliss-reactive ketones (excluding diaryl/α,β-unsaturated/α-hetero) is 1. The highest BCUT2D eigenvalue weighted by Gasteiger charge is 2.30. The second-order valence-corrected chi connectivity index (χ2v) is 5.25. The van der Waals surface area contributed by atoms with E-state index in [4.69, 9.17) is 0 Å². The van der Waals surface area contributed by atoms with Gasteiger partial charge in [-0.25, -0.2) is 0 Å². The summed E-state index contributed by atoms with van der Waals surface area (Å²) >= 11 is 0. The number of allylic oxidation sites excluding steroid dienone is 2. The molecule has 1 atom stereocenters. The van der Waals surface area contributed by atoms with E-state index in [2.05, 4.69) is 0 Å². The van der Waals surface area contributed by atoms with Crippen LogP contribution in [0.25, 0.3) is 16.3 Å². The Morgan fingerprint density at radius 3 is 2.57 bits per heavy atom. The van der Waals surface area contributed by atoms with Crippen molar-refractivity contribution in [1.29, 1.82) is 10.5 Å². The van der Waals surface area contributed by atoms with Gasteiger partial charge in [-0.05, 0) is 27.8 Å². The second-order valence-electron chi connectivity index (χ2n) is 5.25. The van der Waals surface area contributed by atoms with Crippen LogP contribution < -0.4 is 0 Å². The van der Waals surface area contributed by atoms with E-state index in [9.17, 15) is 15.3 Å². The summed E-state index contributed by atoms with van der Waals surface area (Å²) in [5, 5.41) is 20.3. The largest absolute Gasteiger partial charge is 0.294 e. The first-order chi connectivity index (χ1) is 10.2. The maximum absolute atomic E-state index is 12.5. The third-order valence-corrected chi connectivity index (χ3v) is 3.98. The zero-order chi connectivity index (χ0) is 15.0.